The van der Waals surface area contributed by atoms with Gasteiger partial charge in [0.1, 0.15) is 0 Å². The van der Waals surface area contributed by atoms with Crippen LogP contribution in [0.2, 0.25) is 19.6 Å². The number of hydrogen-bond donors (Lipinski definition) is 0. The molecule has 0 saturated heterocycles. The predicted molar refractivity (Wildman–Crippen MR) is 61.7 cm³/mol. The van der Waals surface area contributed by atoms with Gasteiger partial charge in [-0.05, 0) is 45.6 Å². The second-order valence-corrected chi connectivity index (χ2v) is 9.37. The Morgan fingerprint density at radius 3 is 2.29 bits per heavy atom. The van der Waals surface area contributed by atoms with Gasteiger partial charge in [-0.25, -0.2) is 0 Å². The van der Waals surface area contributed by atoms with Gasteiger partial charge in [0, 0.05) is 6.20 Å². The van der Waals surface area contributed by atoms with E-state index >= 15 is 0 Å². The summed E-state index contributed by atoms with van der Waals surface area (Å²) in [5.41, 5.74) is 0.730. The van der Waals surface area contributed by atoms with Gasteiger partial charge in [-0.1, -0.05) is 6.07 Å². The molecule has 0 amide bonds. The molecule has 0 N–H and O–H groups in total. The van der Waals surface area contributed by atoms with E-state index in [0.717, 1.165) is 5.69 Å². The van der Waals surface area contributed by atoms with E-state index in [-0.39, 0.29) is 5.60 Å². The van der Waals surface area contributed by atoms with E-state index < -0.39 is 8.32 Å². The molecule has 0 unspecified atom stereocenters. The fraction of sp³-hybridized carbons (Fsp3) is 0.545. The Morgan fingerprint density at radius 2 is 1.86 bits per heavy atom. The second kappa shape index (κ2) is 3.83. The van der Waals surface area contributed by atoms with Crippen LogP contribution in [-0.2, 0) is 10.0 Å². The molecule has 0 atom stereocenters. The predicted octanol–water partition coefficient (Wildman–Crippen LogP) is 3.17. The first-order valence-electron chi connectivity index (χ1n) is 4.93. The van der Waals surface area contributed by atoms with Gasteiger partial charge in [0.05, 0.1) is 11.3 Å². The highest BCUT2D eigenvalue weighted by Crippen LogP contribution is 2.26. The number of pyridine rings is 1. The van der Waals surface area contributed by atoms with Crippen molar-refractivity contribution in [1.29, 1.82) is 0 Å². The molecule has 0 aliphatic carbocycles. The van der Waals surface area contributed by atoms with Crippen molar-refractivity contribution in [3.8, 4) is 0 Å². The van der Waals surface area contributed by atoms with Crippen molar-refractivity contribution in [2.75, 3.05) is 0 Å². The fourth-order valence-corrected chi connectivity index (χ4v) is 3.17. The van der Waals surface area contributed by atoms with E-state index in [9.17, 15) is 0 Å². The molecule has 0 aliphatic rings. The molecule has 0 spiro atoms. The van der Waals surface area contributed by atoms with Crippen LogP contribution < -0.4 is 0 Å². The Morgan fingerprint density at radius 1 is 1.21 bits per heavy atom. The van der Waals surface area contributed by atoms with Gasteiger partial charge in [0.15, 0.2) is 8.32 Å². The van der Waals surface area contributed by atoms with Gasteiger partial charge >= 0.3 is 0 Å². The molecule has 0 radical (unpaired) electrons. The van der Waals surface area contributed by atoms with E-state index in [1.807, 2.05) is 24.4 Å². The summed E-state index contributed by atoms with van der Waals surface area (Å²) < 4.78 is 6.09. The zero-order valence-electron chi connectivity index (χ0n) is 9.66. The molecule has 0 fully saturated rings. The zero-order chi connectivity index (χ0) is 10.8. The SMILES string of the molecule is CC(C)(O[Si](C)(C)C)c1ccccn1. The summed E-state index contributed by atoms with van der Waals surface area (Å²) in [6.45, 7) is 10.7. The molecular weight excluding hydrogens is 190 g/mol. The lowest BCUT2D eigenvalue weighted by Gasteiger charge is -2.32. The van der Waals surface area contributed by atoms with Crippen molar-refractivity contribution < 1.29 is 4.43 Å². The Hall–Kier alpha value is -0.673. The van der Waals surface area contributed by atoms with E-state index in [4.69, 9.17) is 4.43 Å². The molecule has 1 aromatic rings. The van der Waals surface area contributed by atoms with Crippen molar-refractivity contribution in [1.82, 2.24) is 4.98 Å². The molecule has 1 rings (SSSR count). The molecule has 14 heavy (non-hydrogen) atoms. The van der Waals surface area contributed by atoms with Crippen LogP contribution in [0.4, 0.5) is 0 Å². The Labute approximate surface area is 87.5 Å². The third kappa shape index (κ3) is 3.23. The van der Waals surface area contributed by atoms with E-state index in [1.165, 1.54) is 0 Å². The summed E-state index contributed by atoms with van der Waals surface area (Å²) in [7, 11) is -1.52. The van der Waals surface area contributed by atoms with Crippen LogP contribution in [0.1, 0.15) is 19.5 Å². The zero-order valence-corrected chi connectivity index (χ0v) is 10.7. The molecule has 0 saturated carbocycles. The number of rotatable bonds is 3. The van der Waals surface area contributed by atoms with Crippen LogP contribution in [-0.4, -0.2) is 13.3 Å². The molecule has 3 heteroatoms. The van der Waals surface area contributed by atoms with Gasteiger partial charge in [0.2, 0.25) is 0 Å². The van der Waals surface area contributed by atoms with Crippen LogP contribution in [0.25, 0.3) is 0 Å². The van der Waals surface area contributed by atoms with Crippen LogP contribution in [0.5, 0.6) is 0 Å². The second-order valence-electron chi connectivity index (χ2n) is 4.94. The highest BCUT2D eigenvalue weighted by Gasteiger charge is 2.29. The maximum atomic E-state index is 6.09. The Bertz CT molecular complexity index is 290. The molecule has 1 heterocycles. The van der Waals surface area contributed by atoms with Crippen molar-refractivity contribution in [3.05, 3.63) is 30.1 Å². The minimum Gasteiger partial charge on any atom is -0.407 e. The highest BCUT2D eigenvalue weighted by molar-refractivity contribution is 6.69. The average Bonchev–Trinajstić information content (AvgIpc) is 2.01. The smallest absolute Gasteiger partial charge is 0.185 e. The van der Waals surface area contributed by atoms with Gasteiger partial charge in [-0.3, -0.25) is 4.98 Å². The van der Waals surface area contributed by atoms with E-state index in [1.54, 1.807) is 0 Å². The lowest BCUT2D eigenvalue weighted by atomic mass is 10.1. The summed E-state index contributed by atoms with van der Waals surface area (Å²) in [6, 6.07) is 5.94. The topological polar surface area (TPSA) is 22.1 Å². The van der Waals surface area contributed by atoms with Crippen LogP contribution in [0.15, 0.2) is 24.4 Å². The van der Waals surface area contributed by atoms with E-state index in [2.05, 4.69) is 38.5 Å². The van der Waals surface area contributed by atoms with Crippen LogP contribution in [0.3, 0.4) is 0 Å². The molecule has 78 valence electrons. The minimum absolute atomic E-state index is 0.272. The maximum absolute atomic E-state index is 6.09. The molecular formula is C11H19NOSi. The Balaban J connectivity index is 2.86. The third-order valence-corrected chi connectivity index (χ3v) is 2.97. The lowest BCUT2D eigenvalue weighted by molar-refractivity contribution is 0.0951. The summed E-state index contributed by atoms with van der Waals surface area (Å²) >= 11 is 0. The van der Waals surface area contributed by atoms with Gasteiger partial charge in [-0.15, -0.1) is 0 Å². The number of hydrogen-bond acceptors (Lipinski definition) is 2. The summed E-state index contributed by atoms with van der Waals surface area (Å²) in [6.07, 6.45) is 1.81. The fourth-order valence-electron chi connectivity index (χ4n) is 1.54. The Kier molecular flexibility index (Phi) is 3.12. The first kappa shape index (κ1) is 11.4. The monoisotopic (exact) mass is 209 g/mol. The normalized spacial score (nSPS) is 12.9. The van der Waals surface area contributed by atoms with Crippen LogP contribution in [0, 0.1) is 0 Å². The molecule has 2 nitrogen and oxygen atoms in total. The molecule has 0 bridgehead atoms. The molecule has 0 aromatic carbocycles. The van der Waals surface area contributed by atoms with Crippen molar-refractivity contribution in [2.24, 2.45) is 0 Å². The summed E-state index contributed by atoms with van der Waals surface area (Å²) in [4.78, 5) is 4.33. The highest BCUT2D eigenvalue weighted by atomic mass is 28.4. The largest absolute Gasteiger partial charge is 0.407 e. The first-order chi connectivity index (χ1) is 6.31. The van der Waals surface area contributed by atoms with Gasteiger partial charge in [0.25, 0.3) is 0 Å². The summed E-state index contributed by atoms with van der Waals surface area (Å²) in [5, 5.41) is 0. The van der Waals surface area contributed by atoms with Crippen molar-refractivity contribution >= 4 is 8.32 Å². The number of aromatic nitrogens is 1. The van der Waals surface area contributed by atoms with Crippen molar-refractivity contribution in [2.45, 2.75) is 39.1 Å². The quantitative estimate of drug-likeness (QED) is 0.713. The van der Waals surface area contributed by atoms with E-state index in [0.29, 0.717) is 0 Å². The van der Waals surface area contributed by atoms with Gasteiger partial charge in [-0.2, -0.15) is 0 Å². The van der Waals surface area contributed by atoms with Crippen molar-refractivity contribution in [3.63, 3.8) is 0 Å². The average molecular weight is 209 g/mol. The third-order valence-electron chi connectivity index (χ3n) is 1.84. The lowest BCUT2D eigenvalue weighted by Crippen LogP contribution is -2.37. The van der Waals surface area contributed by atoms with Crippen LogP contribution >= 0.6 is 0 Å². The summed E-state index contributed by atoms with van der Waals surface area (Å²) in [5.74, 6) is 0. The van der Waals surface area contributed by atoms with Gasteiger partial charge < -0.3 is 4.43 Å². The first-order valence-corrected chi connectivity index (χ1v) is 8.34. The molecule has 1 aromatic heterocycles. The maximum Gasteiger partial charge on any atom is 0.185 e. The molecule has 0 aliphatic heterocycles. The minimum atomic E-state index is -1.52. The standard InChI is InChI=1S/C11H19NOSi/c1-11(2,13-14(3,4)5)10-8-6-7-9-12-10/h6-9H,1-5H3. The number of nitrogens with zero attached hydrogens (tertiary/aromatic N) is 1.